The molecule has 25 heavy (non-hydrogen) atoms. The van der Waals surface area contributed by atoms with Gasteiger partial charge in [0.2, 0.25) is 11.8 Å². The fourth-order valence-electron chi connectivity index (χ4n) is 2.91. The number of likely N-dealkylation sites (tertiary alicyclic amines) is 1. The molecular formula is C16H19Cl2N5O2. The molecule has 1 aliphatic heterocycles. The summed E-state index contributed by atoms with van der Waals surface area (Å²) in [5.74, 6) is 0.797. The third-order valence-electron chi connectivity index (χ3n) is 4.13. The van der Waals surface area contributed by atoms with Gasteiger partial charge in [-0.2, -0.15) is 4.98 Å². The van der Waals surface area contributed by atoms with Gasteiger partial charge in [0.15, 0.2) is 5.82 Å². The number of benzene rings is 1. The molecule has 3 N–H and O–H groups in total. The number of anilines is 1. The van der Waals surface area contributed by atoms with Crippen molar-refractivity contribution >= 4 is 34.8 Å². The first-order valence-electron chi connectivity index (χ1n) is 8.08. The second-order valence-electron chi connectivity index (χ2n) is 5.90. The van der Waals surface area contributed by atoms with Crippen LogP contribution in [0.3, 0.4) is 0 Å². The molecule has 1 amide bonds. The number of piperidine rings is 1. The molecule has 2 aromatic rings. The van der Waals surface area contributed by atoms with Crippen LogP contribution in [0.1, 0.15) is 31.0 Å². The summed E-state index contributed by atoms with van der Waals surface area (Å²) in [4.78, 5) is 19.0. The van der Waals surface area contributed by atoms with Crippen LogP contribution in [0.5, 0.6) is 0 Å². The van der Waals surface area contributed by atoms with Crippen molar-refractivity contribution in [1.82, 2.24) is 15.0 Å². The molecule has 0 bridgehead atoms. The van der Waals surface area contributed by atoms with Crippen molar-refractivity contribution in [2.24, 2.45) is 5.73 Å². The van der Waals surface area contributed by atoms with E-state index in [-0.39, 0.29) is 18.5 Å². The van der Waals surface area contributed by atoms with Gasteiger partial charge in [0.05, 0.1) is 29.8 Å². The van der Waals surface area contributed by atoms with Crippen molar-refractivity contribution in [3.8, 4) is 0 Å². The Morgan fingerprint density at radius 1 is 1.40 bits per heavy atom. The highest BCUT2D eigenvalue weighted by Crippen LogP contribution is 2.27. The molecule has 1 fully saturated rings. The molecule has 1 aliphatic rings. The molecule has 0 aliphatic carbocycles. The van der Waals surface area contributed by atoms with Crippen LogP contribution in [0.15, 0.2) is 22.7 Å². The van der Waals surface area contributed by atoms with Crippen LogP contribution in [0.25, 0.3) is 0 Å². The van der Waals surface area contributed by atoms with Crippen LogP contribution in [0, 0.1) is 0 Å². The van der Waals surface area contributed by atoms with Crippen molar-refractivity contribution in [3.05, 3.63) is 40.0 Å². The molecule has 7 nitrogen and oxygen atoms in total. The lowest BCUT2D eigenvalue weighted by atomic mass is 10.0. The third-order valence-corrected chi connectivity index (χ3v) is 4.70. The highest BCUT2D eigenvalue weighted by molar-refractivity contribution is 6.35. The van der Waals surface area contributed by atoms with Gasteiger partial charge in [-0.3, -0.25) is 9.69 Å². The van der Waals surface area contributed by atoms with Crippen molar-refractivity contribution in [2.45, 2.75) is 38.4 Å². The van der Waals surface area contributed by atoms with Crippen LogP contribution in [0.4, 0.5) is 5.69 Å². The first-order chi connectivity index (χ1) is 12.1. The first kappa shape index (κ1) is 18.1. The minimum atomic E-state index is -0.288. The molecule has 0 saturated carbocycles. The Kier molecular flexibility index (Phi) is 5.90. The van der Waals surface area contributed by atoms with Crippen LogP contribution < -0.4 is 11.1 Å². The van der Waals surface area contributed by atoms with Crippen LogP contribution in [-0.2, 0) is 17.9 Å². The number of nitrogens with zero attached hydrogens (tertiary/aromatic N) is 3. The van der Waals surface area contributed by atoms with Gasteiger partial charge >= 0.3 is 0 Å². The van der Waals surface area contributed by atoms with Gasteiger partial charge in [-0.15, -0.1) is 0 Å². The number of rotatable bonds is 5. The minimum absolute atomic E-state index is 0.119. The second-order valence-corrected chi connectivity index (χ2v) is 6.75. The summed E-state index contributed by atoms with van der Waals surface area (Å²) in [6.07, 6.45) is 2.76. The van der Waals surface area contributed by atoms with Crippen LogP contribution in [-0.4, -0.2) is 33.5 Å². The van der Waals surface area contributed by atoms with Crippen molar-refractivity contribution in [2.75, 3.05) is 11.9 Å². The zero-order valence-electron chi connectivity index (χ0n) is 13.5. The van der Waals surface area contributed by atoms with Crippen molar-refractivity contribution in [3.63, 3.8) is 0 Å². The molecule has 0 radical (unpaired) electrons. The molecule has 1 atom stereocenters. The number of hydrogen-bond donors (Lipinski definition) is 2. The summed E-state index contributed by atoms with van der Waals surface area (Å²) in [6, 6.07) is 4.69. The summed E-state index contributed by atoms with van der Waals surface area (Å²) in [7, 11) is 0. The average Bonchev–Trinajstić information content (AvgIpc) is 3.06. The van der Waals surface area contributed by atoms with E-state index >= 15 is 0 Å². The van der Waals surface area contributed by atoms with Gasteiger partial charge in [0, 0.05) is 5.02 Å². The summed E-state index contributed by atoms with van der Waals surface area (Å²) < 4.78 is 5.03. The third kappa shape index (κ3) is 4.49. The van der Waals surface area contributed by atoms with Crippen LogP contribution in [0.2, 0.25) is 10.0 Å². The Bertz CT molecular complexity index is 752. The van der Waals surface area contributed by atoms with Gasteiger partial charge < -0.3 is 15.6 Å². The fraction of sp³-hybridized carbons (Fsp3) is 0.438. The average molecular weight is 384 g/mol. The van der Waals surface area contributed by atoms with Crippen molar-refractivity contribution in [1.29, 1.82) is 0 Å². The number of hydrogen-bond acceptors (Lipinski definition) is 6. The molecule has 9 heteroatoms. The summed E-state index contributed by atoms with van der Waals surface area (Å²) in [5.41, 5.74) is 6.00. The number of carbonyl (C=O) groups is 1. The molecule has 134 valence electrons. The minimum Gasteiger partial charge on any atom is -0.338 e. The summed E-state index contributed by atoms with van der Waals surface area (Å²) >= 11 is 12.1. The van der Waals surface area contributed by atoms with E-state index in [4.69, 9.17) is 33.5 Å². The number of nitrogens with one attached hydrogen (secondary N) is 1. The molecule has 3 rings (SSSR count). The number of amides is 1. The van der Waals surface area contributed by atoms with Gasteiger partial charge in [-0.25, -0.2) is 0 Å². The maximum atomic E-state index is 12.8. The Hall–Kier alpha value is -1.67. The Labute approximate surface area is 155 Å². The molecule has 1 unspecified atom stereocenters. The van der Waals surface area contributed by atoms with Gasteiger partial charge in [0.25, 0.3) is 0 Å². The standard InChI is InChI=1S/C16H19Cl2N5O2/c17-10-4-5-11(18)12(7-10)20-16(24)13-3-1-2-6-23(13)9-14-21-15(8-19)25-22-14/h4-5,7,13H,1-3,6,8-9,19H2,(H,20,24). The predicted octanol–water partition coefficient (Wildman–Crippen LogP) is 2.83. The molecule has 2 heterocycles. The van der Waals surface area contributed by atoms with E-state index in [1.54, 1.807) is 18.2 Å². The Morgan fingerprint density at radius 3 is 3.00 bits per heavy atom. The maximum absolute atomic E-state index is 12.8. The maximum Gasteiger partial charge on any atom is 0.241 e. The zero-order valence-corrected chi connectivity index (χ0v) is 15.1. The van der Waals surface area contributed by atoms with E-state index in [0.717, 1.165) is 25.8 Å². The van der Waals surface area contributed by atoms with Crippen molar-refractivity contribution < 1.29 is 9.32 Å². The topological polar surface area (TPSA) is 97.3 Å². The largest absolute Gasteiger partial charge is 0.338 e. The quantitative estimate of drug-likeness (QED) is 0.823. The van der Waals surface area contributed by atoms with E-state index < -0.39 is 0 Å². The van der Waals surface area contributed by atoms with Gasteiger partial charge in [-0.1, -0.05) is 34.8 Å². The highest BCUT2D eigenvalue weighted by atomic mass is 35.5. The monoisotopic (exact) mass is 383 g/mol. The number of carbonyl (C=O) groups excluding carboxylic acids is 1. The normalized spacial score (nSPS) is 18.3. The molecular weight excluding hydrogens is 365 g/mol. The second kappa shape index (κ2) is 8.14. The van der Waals surface area contributed by atoms with Gasteiger partial charge in [0.1, 0.15) is 0 Å². The highest BCUT2D eigenvalue weighted by Gasteiger charge is 2.30. The lowest BCUT2D eigenvalue weighted by Crippen LogP contribution is -2.46. The molecule has 1 aromatic carbocycles. The SMILES string of the molecule is NCc1nc(CN2CCCCC2C(=O)Nc2cc(Cl)ccc2Cl)no1. The van der Waals surface area contributed by atoms with Gasteiger partial charge in [-0.05, 0) is 37.6 Å². The number of halogens is 2. The first-order valence-corrected chi connectivity index (χ1v) is 8.84. The van der Waals surface area contributed by atoms with E-state index in [2.05, 4.69) is 15.5 Å². The molecule has 0 spiro atoms. The lowest BCUT2D eigenvalue weighted by Gasteiger charge is -2.33. The Balaban J connectivity index is 1.71. The zero-order chi connectivity index (χ0) is 17.8. The van der Waals surface area contributed by atoms with E-state index in [0.29, 0.717) is 34.0 Å². The van der Waals surface area contributed by atoms with E-state index in [1.165, 1.54) is 0 Å². The van der Waals surface area contributed by atoms with Crippen LogP contribution >= 0.6 is 23.2 Å². The Morgan fingerprint density at radius 2 is 2.24 bits per heavy atom. The number of nitrogens with two attached hydrogens (primary N) is 1. The fourth-order valence-corrected chi connectivity index (χ4v) is 3.24. The molecule has 1 saturated heterocycles. The van der Waals surface area contributed by atoms with E-state index in [9.17, 15) is 4.79 Å². The smallest absolute Gasteiger partial charge is 0.241 e. The summed E-state index contributed by atoms with van der Waals surface area (Å²) in [6.45, 7) is 1.42. The molecule has 1 aromatic heterocycles. The lowest BCUT2D eigenvalue weighted by molar-refractivity contribution is -0.122. The number of aromatic nitrogens is 2. The predicted molar refractivity (Wildman–Crippen MR) is 95.3 cm³/mol. The van der Waals surface area contributed by atoms with E-state index in [1.807, 2.05) is 4.90 Å². The summed E-state index contributed by atoms with van der Waals surface area (Å²) in [5, 5.41) is 7.74.